The Bertz CT molecular complexity index is 432. The van der Waals surface area contributed by atoms with Gasteiger partial charge in [-0.15, -0.1) is 0 Å². The lowest BCUT2D eigenvalue weighted by Gasteiger charge is -2.38. The van der Waals surface area contributed by atoms with Crippen molar-refractivity contribution in [3.63, 3.8) is 0 Å². The van der Waals surface area contributed by atoms with Crippen LogP contribution in [0, 0.1) is 0 Å². The van der Waals surface area contributed by atoms with Crippen molar-refractivity contribution in [2.45, 2.75) is 19.4 Å². The SMILES string of the molecule is CC1(C)CN(C(=O)c2ccncc2O)CCO1. The minimum absolute atomic E-state index is 0.0817. The van der Waals surface area contributed by atoms with Crippen molar-refractivity contribution in [3.8, 4) is 5.75 Å². The number of ether oxygens (including phenoxy) is 1. The molecule has 5 heteroatoms. The number of nitrogens with zero attached hydrogens (tertiary/aromatic N) is 2. The predicted molar refractivity (Wildman–Crippen MR) is 61.8 cm³/mol. The van der Waals surface area contributed by atoms with E-state index in [9.17, 15) is 9.90 Å². The summed E-state index contributed by atoms with van der Waals surface area (Å²) in [7, 11) is 0. The van der Waals surface area contributed by atoms with Gasteiger partial charge in [-0.2, -0.15) is 0 Å². The fraction of sp³-hybridized carbons (Fsp3) is 0.500. The Hall–Kier alpha value is -1.62. The van der Waals surface area contributed by atoms with Crippen LogP contribution in [0.1, 0.15) is 24.2 Å². The summed E-state index contributed by atoms with van der Waals surface area (Å²) in [5, 5.41) is 9.60. The highest BCUT2D eigenvalue weighted by molar-refractivity contribution is 5.96. The molecule has 0 spiro atoms. The molecule has 1 aliphatic heterocycles. The maximum absolute atomic E-state index is 12.2. The number of aromatic nitrogens is 1. The van der Waals surface area contributed by atoms with Crippen molar-refractivity contribution < 1.29 is 14.6 Å². The van der Waals surface area contributed by atoms with Gasteiger partial charge in [0.15, 0.2) is 0 Å². The molecule has 1 fully saturated rings. The molecule has 1 aromatic heterocycles. The van der Waals surface area contributed by atoms with Crippen LogP contribution in [-0.4, -0.2) is 46.2 Å². The van der Waals surface area contributed by atoms with Crippen molar-refractivity contribution >= 4 is 5.91 Å². The fourth-order valence-electron chi connectivity index (χ4n) is 1.93. The van der Waals surface area contributed by atoms with Crippen LogP contribution in [0.4, 0.5) is 0 Å². The monoisotopic (exact) mass is 236 g/mol. The molecule has 2 heterocycles. The quantitative estimate of drug-likeness (QED) is 0.791. The molecule has 92 valence electrons. The molecule has 0 bridgehead atoms. The first-order chi connectivity index (χ1) is 7.99. The number of rotatable bonds is 1. The van der Waals surface area contributed by atoms with E-state index in [2.05, 4.69) is 4.98 Å². The Kier molecular flexibility index (Phi) is 3.02. The zero-order valence-corrected chi connectivity index (χ0v) is 10.0. The summed E-state index contributed by atoms with van der Waals surface area (Å²) in [6.45, 7) is 5.47. The van der Waals surface area contributed by atoms with Crippen LogP contribution >= 0.6 is 0 Å². The van der Waals surface area contributed by atoms with Gasteiger partial charge in [-0.3, -0.25) is 9.78 Å². The van der Waals surface area contributed by atoms with E-state index in [0.29, 0.717) is 19.7 Å². The largest absolute Gasteiger partial charge is 0.505 e. The van der Waals surface area contributed by atoms with Gasteiger partial charge in [0.25, 0.3) is 5.91 Å². The van der Waals surface area contributed by atoms with Gasteiger partial charge in [0.2, 0.25) is 0 Å². The minimum atomic E-state index is -0.337. The first-order valence-electron chi connectivity index (χ1n) is 5.56. The molecule has 0 saturated carbocycles. The number of amides is 1. The highest BCUT2D eigenvalue weighted by Crippen LogP contribution is 2.21. The van der Waals surface area contributed by atoms with Gasteiger partial charge in [0, 0.05) is 19.3 Å². The molecule has 1 N–H and O–H groups in total. The second-order valence-corrected chi connectivity index (χ2v) is 4.73. The van der Waals surface area contributed by atoms with Gasteiger partial charge in [-0.25, -0.2) is 0 Å². The molecule has 1 amide bonds. The molecule has 1 aliphatic rings. The standard InChI is InChI=1S/C12H16N2O3/c1-12(2)8-14(5-6-17-12)11(16)9-3-4-13-7-10(9)15/h3-4,7,15H,5-6,8H2,1-2H3. The van der Waals surface area contributed by atoms with Crippen LogP contribution in [0.25, 0.3) is 0 Å². The Morgan fingerprint density at radius 3 is 3.00 bits per heavy atom. The molecule has 1 saturated heterocycles. The first kappa shape index (κ1) is 11.9. The second kappa shape index (κ2) is 4.33. The van der Waals surface area contributed by atoms with Crippen LogP contribution in [0.15, 0.2) is 18.5 Å². The summed E-state index contributed by atoms with van der Waals surface area (Å²) in [6.07, 6.45) is 2.78. The average Bonchev–Trinajstić information content (AvgIpc) is 2.27. The van der Waals surface area contributed by atoms with Crippen molar-refractivity contribution in [1.82, 2.24) is 9.88 Å². The summed E-state index contributed by atoms with van der Waals surface area (Å²) in [4.78, 5) is 17.6. The predicted octanol–water partition coefficient (Wildman–Crippen LogP) is 1.04. The molecule has 0 unspecified atom stereocenters. The third-order valence-electron chi connectivity index (χ3n) is 2.74. The highest BCUT2D eigenvalue weighted by atomic mass is 16.5. The smallest absolute Gasteiger partial charge is 0.257 e. The lowest BCUT2D eigenvalue weighted by molar-refractivity contribution is -0.0764. The average molecular weight is 236 g/mol. The van der Waals surface area contributed by atoms with Crippen LogP contribution < -0.4 is 0 Å². The third kappa shape index (κ3) is 2.55. The van der Waals surface area contributed by atoms with Crippen LogP contribution in [0.5, 0.6) is 5.75 Å². The van der Waals surface area contributed by atoms with E-state index < -0.39 is 0 Å². The normalized spacial score (nSPS) is 19.1. The number of morpholine rings is 1. The molecular weight excluding hydrogens is 220 g/mol. The maximum atomic E-state index is 12.2. The van der Waals surface area contributed by atoms with E-state index in [1.807, 2.05) is 13.8 Å². The zero-order valence-electron chi connectivity index (χ0n) is 10.0. The van der Waals surface area contributed by atoms with Crippen molar-refractivity contribution in [1.29, 1.82) is 0 Å². The molecular formula is C12H16N2O3. The Morgan fingerprint density at radius 2 is 2.35 bits per heavy atom. The van der Waals surface area contributed by atoms with E-state index in [1.54, 1.807) is 4.90 Å². The van der Waals surface area contributed by atoms with Gasteiger partial charge in [-0.1, -0.05) is 0 Å². The van der Waals surface area contributed by atoms with Crippen LogP contribution in [0.2, 0.25) is 0 Å². The third-order valence-corrected chi connectivity index (χ3v) is 2.74. The van der Waals surface area contributed by atoms with Crippen LogP contribution in [-0.2, 0) is 4.74 Å². The summed E-state index contributed by atoms with van der Waals surface area (Å²) in [6, 6.07) is 1.53. The molecule has 0 aliphatic carbocycles. The van der Waals surface area contributed by atoms with Gasteiger partial charge in [0.05, 0.1) is 24.0 Å². The molecule has 1 aromatic rings. The van der Waals surface area contributed by atoms with E-state index in [4.69, 9.17) is 4.74 Å². The van der Waals surface area contributed by atoms with Crippen molar-refractivity contribution in [2.24, 2.45) is 0 Å². The van der Waals surface area contributed by atoms with E-state index >= 15 is 0 Å². The number of carbonyl (C=O) groups is 1. The second-order valence-electron chi connectivity index (χ2n) is 4.73. The Labute approximate surface area is 100 Å². The van der Waals surface area contributed by atoms with E-state index in [0.717, 1.165) is 0 Å². The van der Waals surface area contributed by atoms with Gasteiger partial charge in [-0.05, 0) is 19.9 Å². The molecule has 5 nitrogen and oxygen atoms in total. The summed E-state index contributed by atoms with van der Waals surface area (Å²) >= 11 is 0. The van der Waals surface area contributed by atoms with Gasteiger partial charge in [0.1, 0.15) is 5.75 Å². The zero-order chi connectivity index (χ0) is 12.5. The van der Waals surface area contributed by atoms with E-state index in [1.165, 1.54) is 18.5 Å². The maximum Gasteiger partial charge on any atom is 0.257 e. The topological polar surface area (TPSA) is 62.7 Å². The minimum Gasteiger partial charge on any atom is -0.505 e. The molecule has 0 atom stereocenters. The van der Waals surface area contributed by atoms with Crippen LogP contribution in [0.3, 0.4) is 0 Å². The molecule has 2 rings (SSSR count). The van der Waals surface area contributed by atoms with Gasteiger partial charge >= 0.3 is 0 Å². The first-order valence-corrected chi connectivity index (χ1v) is 5.56. The number of carbonyl (C=O) groups excluding carboxylic acids is 1. The summed E-state index contributed by atoms with van der Waals surface area (Å²) in [5.74, 6) is -0.261. The summed E-state index contributed by atoms with van der Waals surface area (Å²) < 4.78 is 5.54. The van der Waals surface area contributed by atoms with Crippen molar-refractivity contribution in [2.75, 3.05) is 19.7 Å². The Balaban J connectivity index is 2.18. The number of hydrogen-bond acceptors (Lipinski definition) is 4. The molecule has 0 aromatic carbocycles. The number of aromatic hydroxyl groups is 1. The van der Waals surface area contributed by atoms with E-state index in [-0.39, 0.29) is 22.8 Å². The Morgan fingerprint density at radius 1 is 1.59 bits per heavy atom. The fourth-order valence-corrected chi connectivity index (χ4v) is 1.93. The summed E-state index contributed by atoms with van der Waals surface area (Å²) in [5.41, 5.74) is -0.0472. The lowest BCUT2D eigenvalue weighted by atomic mass is 10.1. The van der Waals surface area contributed by atoms with Gasteiger partial charge < -0.3 is 14.7 Å². The number of hydrogen-bond donors (Lipinski definition) is 1. The van der Waals surface area contributed by atoms with Crippen molar-refractivity contribution in [3.05, 3.63) is 24.0 Å². The molecule has 0 radical (unpaired) electrons. The number of pyridine rings is 1. The molecule has 17 heavy (non-hydrogen) atoms. The highest BCUT2D eigenvalue weighted by Gasteiger charge is 2.31. The lowest BCUT2D eigenvalue weighted by Crippen LogP contribution is -2.50.